The van der Waals surface area contributed by atoms with E-state index in [0.717, 1.165) is 10.6 Å². The molecule has 170 valence electrons. The third kappa shape index (κ3) is 4.60. The first-order valence-electron chi connectivity index (χ1n) is 10.5. The highest BCUT2D eigenvalue weighted by molar-refractivity contribution is 7.12. The second-order valence-electron chi connectivity index (χ2n) is 7.36. The molecule has 0 aliphatic carbocycles. The number of rotatable bonds is 7. The van der Waals surface area contributed by atoms with Crippen LogP contribution in [-0.4, -0.2) is 34.2 Å². The molecule has 34 heavy (non-hydrogen) atoms. The van der Waals surface area contributed by atoms with Gasteiger partial charge >= 0.3 is 5.97 Å². The van der Waals surface area contributed by atoms with E-state index in [-0.39, 0.29) is 5.56 Å². The number of nitrogens with zero attached hydrogens (tertiary/aromatic N) is 3. The lowest BCUT2D eigenvalue weighted by atomic mass is 10.1. The van der Waals surface area contributed by atoms with Crippen molar-refractivity contribution in [3.05, 3.63) is 101 Å². The molecule has 3 aromatic heterocycles. The molecule has 0 fully saturated rings. The Morgan fingerprint density at radius 1 is 1.09 bits per heavy atom. The van der Waals surface area contributed by atoms with Gasteiger partial charge < -0.3 is 13.9 Å². The van der Waals surface area contributed by atoms with Crippen LogP contribution in [0.15, 0.2) is 94.2 Å². The van der Waals surface area contributed by atoms with Crippen LogP contribution in [0.4, 0.5) is 0 Å². The normalized spacial score (nSPS) is 15.1. The number of esters is 1. The Kier molecular flexibility index (Phi) is 6.17. The molecule has 1 aromatic carbocycles. The van der Waals surface area contributed by atoms with Gasteiger partial charge in [0.1, 0.15) is 28.9 Å². The molecule has 1 unspecified atom stereocenters. The van der Waals surface area contributed by atoms with Gasteiger partial charge in [0.2, 0.25) is 0 Å². The predicted molar refractivity (Wildman–Crippen MR) is 125 cm³/mol. The van der Waals surface area contributed by atoms with E-state index in [0.29, 0.717) is 23.7 Å². The van der Waals surface area contributed by atoms with E-state index in [1.807, 2.05) is 17.5 Å². The molecular weight excluding hydrogens is 454 g/mol. The molecule has 0 saturated carbocycles. The molecule has 1 aliphatic rings. The average molecular weight is 474 g/mol. The van der Waals surface area contributed by atoms with Crippen LogP contribution in [0.3, 0.4) is 0 Å². The molecule has 4 heterocycles. The zero-order valence-electron chi connectivity index (χ0n) is 17.9. The fourth-order valence-electron chi connectivity index (χ4n) is 3.56. The maximum atomic E-state index is 13.0. The van der Waals surface area contributed by atoms with Crippen LogP contribution in [0.25, 0.3) is 0 Å². The summed E-state index contributed by atoms with van der Waals surface area (Å²) in [5, 5.41) is 7.81. The molecule has 5 rings (SSSR count). The molecule has 9 heteroatoms. The van der Waals surface area contributed by atoms with Gasteiger partial charge in [-0.05, 0) is 47.8 Å². The summed E-state index contributed by atoms with van der Waals surface area (Å²) in [6.45, 7) is -0.474. The zero-order chi connectivity index (χ0) is 23.3. The lowest BCUT2D eigenvalue weighted by molar-refractivity contribution is -0.136. The highest BCUT2D eigenvalue weighted by Gasteiger charge is 2.35. The van der Waals surface area contributed by atoms with E-state index >= 15 is 0 Å². The van der Waals surface area contributed by atoms with Crippen molar-refractivity contribution in [2.45, 2.75) is 12.5 Å². The van der Waals surface area contributed by atoms with Crippen molar-refractivity contribution in [2.75, 3.05) is 6.61 Å². The number of furan rings is 1. The van der Waals surface area contributed by atoms with Crippen LogP contribution in [0, 0.1) is 0 Å². The molecule has 0 saturated heterocycles. The molecule has 0 N–H and O–H groups in total. The van der Waals surface area contributed by atoms with E-state index in [4.69, 9.17) is 13.9 Å². The van der Waals surface area contributed by atoms with Crippen LogP contribution >= 0.6 is 11.3 Å². The first kappa shape index (κ1) is 21.6. The molecular formula is C25H19N3O5S. The van der Waals surface area contributed by atoms with E-state index < -0.39 is 24.5 Å². The number of pyridine rings is 1. The second kappa shape index (κ2) is 9.72. The number of carbonyl (C=O) groups is 2. The molecule has 4 aromatic rings. The Balaban J connectivity index is 1.30. The summed E-state index contributed by atoms with van der Waals surface area (Å²) < 4.78 is 16.7. The standard InChI is InChI=1S/C25H19N3O5S/c29-24(28-20(22-9-4-12-31-22)14-19(27-28)23-10-5-13-34-23)16-32-25(30)18-7-1-2-8-21(18)33-17-6-3-11-26-15-17/h1-13,15,20H,14,16H2. The second-order valence-corrected chi connectivity index (χ2v) is 8.31. The van der Waals surface area contributed by atoms with Crippen molar-refractivity contribution < 1.29 is 23.5 Å². The molecule has 0 radical (unpaired) electrons. The average Bonchev–Trinajstić information content (AvgIpc) is 3.64. The Hall–Kier alpha value is -4.24. The summed E-state index contributed by atoms with van der Waals surface area (Å²) in [6, 6.07) is 17.2. The number of ether oxygens (including phenoxy) is 2. The van der Waals surface area contributed by atoms with E-state index in [1.165, 1.54) is 11.2 Å². The Labute approximate surface area is 199 Å². The number of thiophene rings is 1. The number of hydrogen-bond acceptors (Lipinski definition) is 8. The summed E-state index contributed by atoms with van der Waals surface area (Å²) >= 11 is 1.55. The van der Waals surface area contributed by atoms with Crippen molar-refractivity contribution in [2.24, 2.45) is 5.10 Å². The summed E-state index contributed by atoms with van der Waals surface area (Å²) in [4.78, 5) is 30.8. The Bertz CT molecular complexity index is 1300. The number of amides is 1. The summed E-state index contributed by atoms with van der Waals surface area (Å²) in [5.74, 6) is 0.273. The fraction of sp³-hybridized carbons (Fsp3) is 0.120. The van der Waals surface area contributed by atoms with Gasteiger partial charge in [0.25, 0.3) is 5.91 Å². The Morgan fingerprint density at radius 3 is 2.76 bits per heavy atom. The van der Waals surface area contributed by atoms with Crippen molar-refractivity contribution in [1.29, 1.82) is 0 Å². The SMILES string of the molecule is O=C(OCC(=O)N1N=C(c2cccs2)CC1c1ccco1)c1ccccc1Oc1cccnc1. The van der Waals surface area contributed by atoms with Crippen LogP contribution in [-0.2, 0) is 9.53 Å². The number of carbonyl (C=O) groups excluding carboxylic acids is 2. The van der Waals surface area contributed by atoms with Crippen LogP contribution in [0.5, 0.6) is 11.5 Å². The summed E-state index contributed by atoms with van der Waals surface area (Å²) in [6.07, 6.45) is 5.23. The maximum absolute atomic E-state index is 13.0. The first-order valence-corrected chi connectivity index (χ1v) is 11.4. The third-order valence-corrected chi connectivity index (χ3v) is 6.06. The van der Waals surface area contributed by atoms with Gasteiger partial charge in [-0.15, -0.1) is 11.3 Å². The van der Waals surface area contributed by atoms with Crippen LogP contribution in [0.2, 0.25) is 0 Å². The molecule has 0 bridgehead atoms. The monoisotopic (exact) mass is 473 g/mol. The lowest BCUT2D eigenvalue weighted by Gasteiger charge is -2.19. The molecule has 1 amide bonds. The van der Waals surface area contributed by atoms with E-state index in [9.17, 15) is 9.59 Å². The topological polar surface area (TPSA) is 94.2 Å². The minimum atomic E-state index is -0.677. The van der Waals surface area contributed by atoms with Gasteiger partial charge in [0.15, 0.2) is 6.61 Å². The molecule has 1 aliphatic heterocycles. The van der Waals surface area contributed by atoms with Crippen molar-refractivity contribution in [3.63, 3.8) is 0 Å². The Morgan fingerprint density at radius 2 is 2.00 bits per heavy atom. The summed E-state index contributed by atoms with van der Waals surface area (Å²) in [5.41, 5.74) is 0.984. The van der Waals surface area contributed by atoms with E-state index in [1.54, 1.807) is 72.3 Å². The number of benzene rings is 1. The largest absolute Gasteiger partial charge is 0.467 e. The predicted octanol–water partition coefficient (Wildman–Crippen LogP) is 5.06. The van der Waals surface area contributed by atoms with Gasteiger partial charge in [-0.3, -0.25) is 9.78 Å². The number of hydrogen-bond donors (Lipinski definition) is 0. The zero-order valence-corrected chi connectivity index (χ0v) is 18.7. The van der Waals surface area contributed by atoms with Crippen molar-refractivity contribution >= 4 is 28.9 Å². The summed E-state index contributed by atoms with van der Waals surface area (Å²) in [7, 11) is 0. The van der Waals surface area contributed by atoms with Gasteiger partial charge in [0.05, 0.1) is 23.0 Å². The maximum Gasteiger partial charge on any atom is 0.342 e. The highest BCUT2D eigenvalue weighted by Crippen LogP contribution is 2.34. The smallest absolute Gasteiger partial charge is 0.342 e. The molecule has 0 spiro atoms. The molecule has 8 nitrogen and oxygen atoms in total. The molecule has 1 atom stereocenters. The van der Waals surface area contributed by atoms with Crippen LogP contribution < -0.4 is 4.74 Å². The number of aromatic nitrogens is 1. The van der Waals surface area contributed by atoms with Crippen molar-refractivity contribution in [3.8, 4) is 11.5 Å². The highest BCUT2D eigenvalue weighted by atomic mass is 32.1. The first-order chi connectivity index (χ1) is 16.7. The van der Waals surface area contributed by atoms with Gasteiger partial charge in [0, 0.05) is 12.6 Å². The van der Waals surface area contributed by atoms with Crippen LogP contribution in [0.1, 0.15) is 33.5 Å². The number of para-hydroxylation sites is 1. The third-order valence-electron chi connectivity index (χ3n) is 5.14. The van der Waals surface area contributed by atoms with Gasteiger partial charge in [-0.25, -0.2) is 9.80 Å². The minimum absolute atomic E-state index is 0.200. The lowest BCUT2D eigenvalue weighted by Crippen LogP contribution is -2.31. The fourth-order valence-corrected chi connectivity index (χ4v) is 4.29. The van der Waals surface area contributed by atoms with Gasteiger partial charge in [-0.1, -0.05) is 18.2 Å². The number of hydrazone groups is 1. The minimum Gasteiger partial charge on any atom is -0.467 e. The quantitative estimate of drug-likeness (QED) is 0.348. The van der Waals surface area contributed by atoms with E-state index in [2.05, 4.69) is 10.1 Å². The van der Waals surface area contributed by atoms with Crippen molar-refractivity contribution in [1.82, 2.24) is 9.99 Å². The van der Waals surface area contributed by atoms with Gasteiger partial charge in [-0.2, -0.15) is 5.10 Å².